The number of para-hydroxylation sites is 1. The Hall–Kier alpha value is -0.681. The molecule has 10 heavy (non-hydrogen) atoms. The van der Waals surface area contributed by atoms with Gasteiger partial charge in [0.15, 0.2) is 0 Å². The number of nitrogens with zero attached hydrogens (tertiary/aromatic N) is 1. The summed E-state index contributed by atoms with van der Waals surface area (Å²) in [5.41, 5.74) is 2.14. The van der Waals surface area contributed by atoms with E-state index in [0.29, 0.717) is 0 Å². The predicted octanol–water partition coefficient (Wildman–Crippen LogP) is 1.70. The van der Waals surface area contributed by atoms with Crippen LogP contribution in [-0.2, 0) is 0 Å². The Morgan fingerprint density at radius 2 is 2.10 bits per heavy atom. The average molecular weight is 196 g/mol. The molecule has 1 rings (SSSR count). The van der Waals surface area contributed by atoms with Gasteiger partial charge in [-0.2, -0.15) is 0 Å². The number of hydrogen-bond donors (Lipinski definition) is 0. The minimum absolute atomic E-state index is 0.973. The van der Waals surface area contributed by atoms with E-state index in [1.165, 1.54) is 5.56 Å². The molecule has 0 heterocycles. The van der Waals surface area contributed by atoms with E-state index in [9.17, 15) is 0 Å². The molecule has 2 heteroatoms. The fourth-order valence-electron chi connectivity index (χ4n) is 0.738. The first kappa shape index (κ1) is 7.43. The molecule has 0 saturated carbocycles. The van der Waals surface area contributed by atoms with E-state index in [-0.39, 0.29) is 0 Å². The van der Waals surface area contributed by atoms with Crippen molar-refractivity contribution >= 4 is 26.0 Å². The van der Waals surface area contributed by atoms with Crippen molar-refractivity contribution < 1.29 is 0 Å². The molecule has 0 aliphatic rings. The van der Waals surface area contributed by atoms with Crippen molar-refractivity contribution in [1.29, 1.82) is 0 Å². The second-order valence-corrected chi connectivity index (χ2v) is 2.37. The Morgan fingerprint density at radius 3 is 2.70 bits per heavy atom. The fourth-order valence-corrected chi connectivity index (χ4v) is 0.944. The molecular weight excluding hydrogens is 189 g/mol. The van der Waals surface area contributed by atoms with Crippen LogP contribution in [0, 0.1) is 6.92 Å². The number of benzene rings is 1. The van der Waals surface area contributed by atoms with Crippen molar-refractivity contribution in [2.45, 2.75) is 6.92 Å². The summed E-state index contributed by atoms with van der Waals surface area (Å²) >= 11 is 2.60. The van der Waals surface area contributed by atoms with Crippen LogP contribution in [0.2, 0.25) is 0 Å². The number of rotatable bonds is 1. The third-order valence-corrected chi connectivity index (χ3v) is 1.47. The molecule has 0 unspecified atom stereocenters. The molecule has 0 N–H and O–H groups in total. The summed E-state index contributed by atoms with van der Waals surface area (Å²) in [5.74, 6) is 0. The summed E-state index contributed by atoms with van der Waals surface area (Å²) in [6, 6.07) is 7.94. The molecule has 50 valence electrons. The maximum atomic E-state index is 4.00. The van der Waals surface area contributed by atoms with Crippen molar-refractivity contribution in [3.63, 3.8) is 0 Å². The number of aryl methyl sites for hydroxylation is 1. The van der Waals surface area contributed by atoms with Crippen molar-refractivity contribution in [2.24, 2.45) is 4.99 Å². The monoisotopic (exact) mass is 197 g/mol. The molecule has 0 bridgehead atoms. The van der Waals surface area contributed by atoms with E-state index >= 15 is 0 Å². The van der Waals surface area contributed by atoms with Gasteiger partial charge in [0, 0.05) is 0 Å². The van der Waals surface area contributed by atoms with Gasteiger partial charge in [-0.1, -0.05) is 0 Å². The van der Waals surface area contributed by atoms with Crippen molar-refractivity contribution in [1.82, 2.24) is 0 Å². The van der Waals surface area contributed by atoms with Crippen molar-refractivity contribution in [3.8, 4) is 0 Å². The minimum atomic E-state index is 0.973. The molecule has 0 amide bonds. The van der Waals surface area contributed by atoms with Gasteiger partial charge in [0.2, 0.25) is 0 Å². The second-order valence-electron chi connectivity index (χ2n) is 1.99. The predicted molar refractivity (Wildman–Crippen MR) is 44.0 cm³/mol. The average Bonchev–Trinajstić information content (AvgIpc) is 1.94. The van der Waals surface area contributed by atoms with E-state index in [1.807, 2.05) is 31.2 Å². The SMILES string of the molecule is Cc1ccccc1N=C=[Se]. The number of aliphatic imine (C=N–C) groups is 1. The van der Waals surface area contributed by atoms with E-state index in [1.54, 1.807) is 0 Å². The van der Waals surface area contributed by atoms with E-state index in [2.05, 4.69) is 25.3 Å². The third-order valence-electron chi connectivity index (χ3n) is 1.28. The molecule has 0 aliphatic heterocycles. The Labute approximate surface area is 68.2 Å². The van der Waals surface area contributed by atoms with Crippen LogP contribution in [-0.4, -0.2) is 20.3 Å². The topological polar surface area (TPSA) is 12.4 Å². The van der Waals surface area contributed by atoms with Gasteiger partial charge >= 0.3 is 67.7 Å². The molecule has 0 aliphatic carbocycles. The maximum absolute atomic E-state index is 4.00. The molecular formula is C8H7NSe. The van der Waals surface area contributed by atoms with Gasteiger partial charge in [0.1, 0.15) is 0 Å². The van der Waals surface area contributed by atoms with Gasteiger partial charge < -0.3 is 0 Å². The second kappa shape index (κ2) is 3.48. The molecule has 1 aromatic rings. The summed E-state index contributed by atoms with van der Waals surface area (Å²) < 4.78 is 2.62. The summed E-state index contributed by atoms with van der Waals surface area (Å²) in [6.45, 7) is 2.02. The fraction of sp³-hybridized carbons (Fsp3) is 0.125. The Morgan fingerprint density at radius 1 is 1.40 bits per heavy atom. The molecule has 0 spiro atoms. The first-order valence-corrected chi connectivity index (χ1v) is 3.84. The van der Waals surface area contributed by atoms with Crippen LogP contribution in [0.1, 0.15) is 5.56 Å². The van der Waals surface area contributed by atoms with Crippen LogP contribution in [0.4, 0.5) is 5.69 Å². The summed E-state index contributed by atoms with van der Waals surface area (Å²) in [4.78, 5) is 4.00. The Bertz CT molecular complexity index is 274. The molecule has 1 aromatic carbocycles. The first-order chi connectivity index (χ1) is 4.84. The van der Waals surface area contributed by atoms with Crippen LogP contribution in [0.15, 0.2) is 29.3 Å². The number of hydrogen-bond acceptors (Lipinski definition) is 1. The van der Waals surface area contributed by atoms with Gasteiger partial charge in [-0.05, 0) is 0 Å². The zero-order valence-corrected chi connectivity index (χ0v) is 7.38. The van der Waals surface area contributed by atoms with Gasteiger partial charge in [0.25, 0.3) is 0 Å². The van der Waals surface area contributed by atoms with Crippen LogP contribution < -0.4 is 0 Å². The molecule has 0 radical (unpaired) electrons. The van der Waals surface area contributed by atoms with E-state index in [0.717, 1.165) is 5.69 Å². The van der Waals surface area contributed by atoms with Crippen LogP contribution in [0.5, 0.6) is 0 Å². The molecule has 0 saturated heterocycles. The Balaban J connectivity index is 3.14. The van der Waals surface area contributed by atoms with Crippen LogP contribution in [0.3, 0.4) is 0 Å². The van der Waals surface area contributed by atoms with Crippen molar-refractivity contribution in [3.05, 3.63) is 29.8 Å². The van der Waals surface area contributed by atoms with E-state index < -0.39 is 0 Å². The summed E-state index contributed by atoms with van der Waals surface area (Å²) in [6.07, 6.45) is 0. The molecule has 0 fully saturated rings. The van der Waals surface area contributed by atoms with Gasteiger partial charge in [-0.3, -0.25) is 0 Å². The first-order valence-electron chi connectivity index (χ1n) is 2.98. The van der Waals surface area contributed by atoms with Gasteiger partial charge in [0.05, 0.1) is 0 Å². The van der Waals surface area contributed by atoms with Crippen LogP contribution in [0.25, 0.3) is 0 Å². The van der Waals surface area contributed by atoms with E-state index in [4.69, 9.17) is 0 Å². The standard InChI is InChI=1S/C8H7NSe/c1-7-4-2-3-5-8(7)9-6-10/h2-5H,1H3. The normalized spacial score (nSPS) is 8.50. The quantitative estimate of drug-likeness (QED) is 0.478. The van der Waals surface area contributed by atoms with Gasteiger partial charge in [-0.15, -0.1) is 0 Å². The summed E-state index contributed by atoms with van der Waals surface area (Å²) in [7, 11) is 0. The Kier molecular flexibility index (Phi) is 2.58. The zero-order chi connectivity index (χ0) is 7.40. The molecule has 0 aromatic heterocycles. The van der Waals surface area contributed by atoms with Crippen molar-refractivity contribution in [2.75, 3.05) is 0 Å². The molecule has 1 nitrogen and oxygen atoms in total. The van der Waals surface area contributed by atoms with Crippen LogP contribution >= 0.6 is 0 Å². The summed E-state index contributed by atoms with van der Waals surface area (Å²) in [5, 5.41) is 0. The van der Waals surface area contributed by atoms with Gasteiger partial charge in [-0.25, -0.2) is 0 Å². The molecule has 0 atom stereocenters. The third kappa shape index (κ3) is 1.65. The zero-order valence-electron chi connectivity index (χ0n) is 5.66.